The van der Waals surface area contributed by atoms with E-state index in [1.807, 2.05) is 12.2 Å². The first-order chi connectivity index (χ1) is 10.2. The average Bonchev–Trinajstić information content (AvgIpc) is 2.50. The van der Waals surface area contributed by atoms with Gasteiger partial charge in [-0.05, 0) is 50.5 Å². The number of hydrogen-bond acceptors (Lipinski definition) is 2. The normalized spacial score (nSPS) is 22.6. The second-order valence-corrected chi connectivity index (χ2v) is 5.79. The number of allylic oxidation sites excluding steroid dienone is 4. The highest BCUT2D eigenvalue weighted by atomic mass is 16.3. The largest absolute Gasteiger partial charge is 0.393 e. The molecule has 0 aliphatic heterocycles. The Balaban J connectivity index is 2.06. The monoisotopic (exact) mass is 291 g/mol. The van der Waals surface area contributed by atoms with Gasteiger partial charge in [-0.3, -0.25) is 4.79 Å². The van der Waals surface area contributed by atoms with Crippen LogP contribution in [0.1, 0.15) is 51.4 Å². The summed E-state index contributed by atoms with van der Waals surface area (Å²) in [5.74, 6) is 0.275. The second kappa shape index (κ2) is 10.4. The molecule has 0 heterocycles. The minimum absolute atomic E-state index is 0.108. The number of hydrogen-bond donors (Lipinski definition) is 2. The minimum atomic E-state index is -0.197. The zero-order valence-corrected chi connectivity index (χ0v) is 13.0. The maximum atomic E-state index is 12.0. The van der Waals surface area contributed by atoms with Crippen molar-refractivity contribution in [1.82, 2.24) is 5.32 Å². The lowest BCUT2D eigenvalue weighted by Gasteiger charge is -2.24. The van der Waals surface area contributed by atoms with Gasteiger partial charge in [0.2, 0.25) is 5.91 Å². The summed E-state index contributed by atoms with van der Waals surface area (Å²) >= 11 is 0. The van der Waals surface area contributed by atoms with Crippen molar-refractivity contribution in [3.05, 3.63) is 37.0 Å². The molecular weight excluding hydrogens is 262 g/mol. The van der Waals surface area contributed by atoms with Crippen LogP contribution in [0.5, 0.6) is 0 Å². The van der Waals surface area contributed by atoms with Crippen molar-refractivity contribution in [3.8, 4) is 0 Å². The van der Waals surface area contributed by atoms with Crippen LogP contribution >= 0.6 is 0 Å². The predicted molar refractivity (Wildman–Crippen MR) is 87.9 cm³/mol. The summed E-state index contributed by atoms with van der Waals surface area (Å²) in [6, 6.07) is 0. The van der Waals surface area contributed by atoms with E-state index < -0.39 is 0 Å². The van der Waals surface area contributed by atoms with E-state index in [-0.39, 0.29) is 17.9 Å². The van der Waals surface area contributed by atoms with E-state index in [4.69, 9.17) is 0 Å². The molecule has 0 unspecified atom stereocenters. The van der Waals surface area contributed by atoms with Crippen molar-refractivity contribution >= 4 is 5.91 Å². The standard InChI is InChI=1S/C18H29NO2/c1-3-8-15(4-2)9-6-5-7-14-19-18(21)16-10-12-17(20)13-11-16/h3-4,8,16-17,20H,1-2,5-7,9-14H2,(H,19,21)/b15-8+. The minimum Gasteiger partial charge on any atom is -0.393 e. The summed E-state index contributed by atoms with van der Waals surface area (Å²) in [6.45, 7) is 8.23. The molecule has 1 amide bonds. The summed E-state index contributed by atoms with van der Waals surface area (Å²) in [6.07, 6.45) is 12.9. The van der Waals surface area contributed by atoms with Crippen LogP contribution in [0, 0.1) is 5.92 Å². The fourth-order valence-corrected chi connectivity index (χ4v) is 2.73. The van der Waals surface area contributed by atoms with Gasteiger partial charge >= 0.3 is 0 Å². The number of unbranched alkanes of at least 4 members (excludes halogenated alkanes) is 2. The van der Waals surface area contributed by atoms with E-state index in [2.05, 4.69) is 18.5 Å². The lowest BCUT2D eigenvalue weighted by Crippen LogP contribution is -2.34. The Hall–Kier alpha value is -1.35. The van der Waals surface area contributed by atoms with Gasteiger partial charge in [0.05, 0.1) is 6.10 Å². The smallest absolute Gasteiger partial charge is 0.223 e. The quantitative estimate of drug-likeness (QED) is 0.504. The summed E-state index contributed by atoms with van der Waals surface area (Å²) < 4.78 is 0. The van der Waals surface area contributed by atoms with Gasteiger partial charge in [-0.2, -0.15) is 0 Å². The molecule has 0 aromatic carbocycles. The maximum absolute atomic E-state index is 12.0. The second-order valence-electron chi connectivity index (χ2n) is 5.79. The molecule has 2 N–H and O–H groups in total. The Morgan fingerprint density at radius 3 is 2.48 bits per heavy atom. The Labute approximate surface area is 128 Å². The molecule has 0 spiro atoms. The Morgan fingerprint density at radius 2 is 1.86 bits per heavy atom. The number of rotatable bonds is 9. The van der Waals surface area contributed by atoms with Crippen LogP contribution in [0.2, 0.25) is 0 Å². The van der Waals surface area contributed by atoms with Gasteiger partial charge in [0.15, 0.2) is 0 Å². The molecule has 1 aliphatic carbocycles. The highest BCUT2D eigenvalue weighted by molar-refractivity contribution is 5.78. The van der Waals surface area contributed by atoms with E-state index in [1.54, 1.807) is 6.08 Å². The highest BCUT2D eigenvalue weighted by Gasteiger charge is 2.24. The molecular formula is C18H29NO2. The molecule has 1 fully saturated rings. The predicted octanol–water partition coefficient (Wildman–Crippen LogP) is 3.51. The molecule has 0 saturated heterocycles. The molecule has 0 atom stereocenters. The zero-order chi connectivity index (χ0) is 15.5. The number of aliphatic hydroxyl groups is 1. The lowest BCUT2D eigenvalue weighted by molar-refractivity contribution is -0.126. The molecule has 0 aromatic heterocycles. The van der Waals surface area contributed by atoms with Crippen molar-refractivity contribution in [2.24, 2.45) is 5.92 Å². The van der Waals surface area contributed by atoms with Crippen LogP contribution in [0.15, 0.2) is 37.0 Å². The average molecular weight is 291 g/mol. The van der Waals surface area contributed by atoms with Gasteiger partial charge in [-0.15, -0.1) is 0 Å². The molecule has 3 nitrogen and oxygen atoms in total. The number of nitrogens with one attached hydrogen (secondary N) is 1. The van der Waals surface area contributed by atoms with Crippen molar-refractivity contribution in [2.75, 3.05) is 6.54 Å². The Bertz CT molecular complexity index is 365. The fourth-order valence-electron chi connectivity index (χ4n) is 2.73. The molecule has 21 heavy (non-hydrogen) atoms. The summed E-state index contributed by atoms with van der Waals surface area (Å²) in [7, 11) is 0. The summed E-state index contributed by atoms with van der Waals surface area (Å²) in [5, 5.41) is 12.5. The zero-order valence-electron chi connectivity index (χ0n) is 13.0. The van der Waals surface area contributed by atoms with E-state index in [9.17, 15) is 9.90 Å². The van der Waals surface area contributed by atoms with E-state index in [0.29, 0.717) is 0 Å². The lowest BCUT2D eigenvalue weighted by atomic mass is 9.87. The first-order valence-electron chi connectivity index (χ1n) is 8.07. The van der Waals surface area contributed by atoms with Gasteiger partial charge in [-0.1, -0.05) is 37.8 Å². The van der Waals surface area contributed by atoms with Crippen molar-refractivity contribution in [1.29, 1.82) is 0 Å². The van der Waals surface area contributed by atoms with Crippen molar-refractivity contribution in [3.63, 3.8) is 0 Å². The van der Waals surface area contributed by atoms with Crippen LogP contribution in [0.4, 0.5) is 0 Å². The molecule has 1 rings (SSSR count). The molecule has 1 saturated carbocycles. The Kier molecular flexibility index (Phi) is 8.76. The molecule has 118 valence electrons. The first-order valence-corrected chi connectivity index (χ1v) is 8.07. The van der Waals surface area contributed by atoms with Crippen LogP contribution in [0.25, 0.3) is 0 Å². The van der Waals surface area contributed by atoms with Crippen LogP contribution in [0.3, 0.4) is 0 Å². The van der Waals surface area contributed by atoms with Crippen LogP contribution < -0.4 is 5.32 Å². The fraction of sp³-hybridized carbons (Fsp3) is 0.611. The van der Waals surface area contributed by atoms with E-state index in [0.717, 1.165) is 57.9 Å². The third-order valence-electron chi connectivity index (χ3n) is 4.10. The van der Waals surface area contributed by atoms with E-state index >= 15 is 0 Å². The molecule has 0 bridgehead atoms. The number of aliphatic hydroxyl groups excluding tert-OH is 1. The molecule has 3 heteroatoms. The van der Waals surface area contributed by atoms with Gasteiger partial charge < -0.3 is 10.4 Å². The van der Waals surface area contributed by atoms with Gasteiger partial charge in [0.1, 0.15) is 0 Å². The van der Waals surface area contributed by atoms with Crippen molar-refractivity contribution in [2.45, 2.75) is 57.5 Å². The van der Waals surface area contributed by atoms with E-state index in [1.165, 1.54) is 5.57 Å². The number of carbonyl (C=O) groups excluding carboxylic acids is 1. The third-order valence-corrected chi connectivity index (χ3v) is 4.10. The number of amides is 1. The maximum Gasteiger partial charge on any atom is 0.223 e. The third kappa shape index (κ3) is 7.28. The molecule has 0 aromatic rings. The highest BCUT2D eigenvalue weighted by Crippen LogP contribution is 2.24. The molecule has 0 radical (unpaired) electrons. The van der Waals surface area contributed by atoms with Gasteiger partial charge in [0, 0.05) is 12.5 Å². The van der Waals surface area contributed by atoms with Crippen molar-refractivity contribution < 1.29 is 9.90 Å². The molecule has 1 aliphatic rings. The SMILES string of the molecule is C=C/C=C(\C=C)CCCCCNC(=O)C1CCC(O)CC1. The van der Waals surface area contributed by atoms with Gasteiger partial charge in [0.25, 0.3) is 0 Å². The first kappa shape index (κ1) is 17.7. The summed E-state index contributed by atoms with van der Waals surface area (Å²) in [4.78, 5) is 12.0. The topological polar surface area (TPSA) is 49.3 Å². The van der Waals surface area contributed by atoms with Crippen LogP contribution in [-0.4, -0.2) is 23.7 Å². The van der Waals surface area contributed by atoms with Gasteiger partial charge in [-0.25, -0.2) is 0 Å². The van der Waals surface area contributed by atoms with Crippen LogP contribution in [-0.2, 0) is 4.79 Å². The number of carbonyl (C=O) groups is 1. The Morgan fingerprint density at radius 1 is 1.14 bits per heavy atom. The summed E-state index contributed by atoms with van der Waals surface area (Å²) in [5.41, 5.74) is 1.22.